The molecule has 1 aliphatic heterocycles. The van der Waals surface area contributed by atoms with Crippen LogP contribution in [-0.4, -0.2) is 57.1 Å². The molecule has 0 radical (unpaired) electrons. The molecule has 9 heteroatoms. The van der Waals surface area contributed by atoms with Crippen LogP contribution in [0.4, 0.5) is 4.79 Å². The molecule has 2 fully saturated rings. The highest BCUT2D eigenvalue weighted by Crippen LogP contribution is 2.28. The minimum absolute atomic E-state index is 0.158. The SMILES string of the molecule is CCOC(=O)N1CCC(NS(=O)(=O)c2ccc(C(=O)NC3CCCCC3)c3ccccc23)CC1. The number of nitrogens with zero attached hydrogens (tertiary/aromatic N) is 1. The van der Waals surface area contributed by atoms with E-state index in [0.29, 0.717) is 48.9 Å². The van der Waals surface area contributed by atoms with Crippen LogP contribution in [0.25, 0.3) is 10.8 Å². The molecule has 1 aliphatic carbocycles. The summed E-state index contributed by atoms with van der Waals surface area (Å²) >= 11 is 0. The molecule has 1 saturated carbocycles. The van der Waals surface area contributed by atoms with Gasteiger partial charge in [0.15, 0.2) is 0 Å². The van der Waals surface area contributed by atoms with Gasteiger partial charge in [0, 0.05) is 36.1 Å². The Morgan fingerprint density at radius 1 is 0.941 bits per heavy atom. The normalized spacial score (nSPS) is 18.1. The van der Waals surface area contributed by atoms with Gasteiger partial charge in [0.2, 0.25) is 10.0 Å². The van der Waals surface area contributed by atoms with E-state index in [-0.39, 0.29) is 29.0 Å². The maximum Gasteiger partial charge on any atom is 0.409 e. The third-order valence-corrected chi connectivity index (χ3v) is 8.28. The van der Waals surface area contributed by atoms with Crippen molar-refractivity contribution in [1.29, 1.82) is 0 Å². The second-order valence-electron chi connectivity index (χ2n) is 9.05. The molecule has 2 aromatic rings. The van der Waals surface area contributed by atoms with Crippen molar-refractivity contribution in [2.45, 2.75) is 68.8 Å². The van der Waals surface area contributed by atoms with Gasteiger partial charge in [-0.3, -0.25) is 4.79 Å². The highest BCUT2D eigenvalue weighted by Gasteiger charge is 2.29. The quantitative estimate of drug-likeness (QED) is 0.645. The van der Waals surface area contributed by atoms with Gasteiger partial charge in [-0.15, -0.1) is 0 Å². The van der Waals surface area contributed by atoms with E-state index in [4.69, 9.17) is 4.74 Å². The number of hydrogen-bond acceptors (Lipinski definition) is 5. The molecule has 2 N–H and O–H groups in total. The first-order valence-corrected chi connectivity index (χ1v) is 13.6. The first-order valence-electron chi connectivity index (χ1n) is 12.2. The fourth-order valence-corrected chi connectivity index (χ4v) is 6.41. The zero-order valence-electron chi connectivity index (χ0n) is 19.6. The fourth-order valence-electron chi connectivity index (χ4n) is 4.89. The molecule has 0 atom stereocenters. The first-order chi connectivity index (χ1) is 16.4. The number of piperidine rings is 1. The molecular weight excluding hydrogens is 454 g/mol. The van der Waals surface area contributed by atoms with Gasteiger partial charge in [0.05, 0.1) is 11.5 Å². The van der Waals surface area contributed by atoms with E-state index in [2.05, 4.69) is 10.0 Å². The minimum atomic E-state index is -3.82. The molecular formula is C25H33N3O5S. The summed E-state index contributed by atoms with van der Waals surface area (Å²) in [5.41, 5.74) is 0.489. The van der Waals surface area contributed by atoms with E-state index < -0.39 is 10.0 Å². The average molecular weight is 488 g/mol. The highest BCUT2D eigenvalue weighted by molar-refractivity contribution is 7.89. The molecule has 1 heterocycles. The fraction of sp³-hybridized carbons (Fsp3) is 0.520. The minimum Gasteiger partial charge on any atom is -0.450 e. The average Bonchev–Trinajstić information content (AvgIpc) is 2.84. The van der Waals surface area contributed by atoms with Crippen molar-refractivity contribution < 1.29 is 22.7 Å². The van der Waals surface area contributed by atoms with Crippen molar-refractivity contribution in [3.8, 4) is 0 Å². The summed E-state index contributed by atoms with van der Waals surface area (Å²) < 4.78 is 34.5. The topological polar surface area (TPSA) is 105 Å². The Labute approximate surface area is 201 Å². The van der Waals surface area contributed by atoms with Crippen molar-refractivity contribution in [2.75, 3.05) is 19.7 Å². The molecule has 34 heavy (non-hydrogen) atoms. The number of sulfonamides is 1. The second kappa shape index (κ2) is 10.7. The van der Waals surface area contributed by atoms with Gasteiger partial charge in [-0.25, -0.2) is 17.9 Å². The Bertz CT molecular complexity index is 1140. The standard InChI is InChI=1S/C25H33N3O5S/c1-2-33-25(30)28-16-14-19(15-17-28)27-34(31,32)23-13-12-22(20-10-6-7-11-21(20)23)24(29)26-18-8-4-3-5-9-18/h6-7,10-13,18-19,27H,2-5,8-9,14-17H2,1H3,(H,26,29). The Morgan fingerprint density at radius 3 is 2.29 bits per heavy atom. The summed E-state index contributed by atoms with van der Waals surface area (Å²) in [5.74, 6) is -0.161. The van der Waals surface area contributed by atoms with Gasteiger partial charge in [-0.2, -0.15) is 0 Å². The maximum absolute atomic E-state index is 13.3. The molecule has 0 aromatic heterocycles. The van der Waals surface area contributed by atoms with Gasteiger partial charge in [-0.1, -0.05) is 43.5 Å². The van der Waals surface area contributed by atoms with Crippen molar-refractivity contribution in [1.82, 2.24) is 14.9 Å². The number of carbonyl (C=O) groups excluding carboxylic acids is 2. The van der Waals surface area contributed by atoms with Crippen molar-refractivity contribution in [3.63, 3.8) is 0 Å². The summed E-state index contributed by atoms with van der Waals surface area (Å²) in [7, 11) is -3.82. The van der Waals surface area contributed by atoms with E-state index in [1.54, 1.807) is 36.1 Å². The summed E-state index contributed by atoms with van der Waals surface area (Å²) in [5, 5.41) is 4.27. The van der Waals surface area contributed by atoms with Crippen LogP contribution < -0.4 is 10.0 Å². The van der Waals surface area contributed by atoms with Crippen LogP contribution in [0, 0.1) is 0 Å². The molecule has 0 bridgehead atoms. The van der Waals surface area contributed by atoms with Crippen molar-refractivity contribution >= 4 is 32.8 Å². The lowest BCUT2D eigenvalue weighted by molar-refractivity contribution is 0.0927. The highest BCUT2D eigenvalue weighted by atomic mass is 32.2. The third kappa shape index (κ3) is 5.52. The van der Waals surface area contributed by atoms with Crippen molar-refractivity contribution in [2.24, 2.45) is 0 Å². The number of amides is 2. The molecule has 2 amide bonds. The summed E-state index contributed by atoms with van der Waals surface area (Å²) in [6.07, 6.45) is 6.06. The van der Waals surface area contributed by atoms with E-state index in [1.165, 1.54) is 12.5 Å². The number of hydrogen-bond donors (Lipinski definition) is 2. The Kier molecular flexibility index (Phi) is 7.73. The largest absolute Gasteiger partial charge is 0.450 e. The summed E-state index contributed by atoms with van der Waals surface area (Å²) in [6, 6.07) is 10.2. The van der Waals surface area contributed by atoms with E-state index in [1.807, 2.05) is 6.07 Å². The predicted octanol–water partition coefficient (Wildman–Crippen LogP) is 3.80. The molecule has 2 aliphatic rings. The van der Waals surface area contributed by atoms with Gasteiger partial charge in [0.25, 0.3) is 5.91 Å². The molecule has 8 nitrogen and oxygen atoms in total. The number of ether oxygens (including phenoxy) is 1. The lowest BCUT2D eigenvalue weighted by Gasteiger charge is -2.31. The zero-order chi connectivity index (χ0) is 24.1. The molecule has 184 valence electrons. The van der Waals surface area contributed by atoms with Crippen LogP contribution in [0.1, 0.15) is 62.2 Å². The van der Waals surface area contributed by atoms with E-state index in [0.717, 1.165) is 25.7 Å². The molecule has 0 spiro atoms. The molecule has 1 saturated heterocycles. The Morgan fingerprint density at radius 2 is 1.62 bits per heavy atom. The van der Waals surface area contributed by atoms with Crippen LogP contribution in [0.15, 0.2) is 41.3 Å². The molecule has 2 aromatic carbocycles. The maximum atomic E-state index is 13.3. The van der Waals surface area contributed by atoms with Crippen LogP contribution in [0.2, 0.25) is 0 Å². The van der Waals surface area contributed by atoms with Gasteiger partial charge >= 0.3 is 6.09 Å². The monoisotopic (exact) mass is 487 g/mol. The number of nitrogens with one attached hydrogen (secondary N) is 2. The van der Waals surface area contributed by atoms with Crippen LogP contribution in [0.5, 0.6) is 0 Å². The summed E-state index contributed by atoms with van der Waals surface area (Å²) in [4.78, 5) is 26.7. The number of fused-ring (bicyclic) bond motifs is 1. The number of benzene rings is 2. The lowest BCUT2D eigenvalue weighted by atomic mass is 9.95. The van der Waals surface area contributed by atoms with Crippen LogP contribution in [-0.2, 0) is 14.8 Å². The van der Waals surface area contributed by atoms with Gasteiger partial charge in [0.1, 0.15) is 0 Å². The second-order valence-corrected chi connectivity index (χ2v) is 10.7. The van der Waals surface area contributed by atoms with Crippen molar-refractivity contribution in [3.05, 3.63) is 42.0 Å². The molecule has 0 unspecified atom stereocenters. The van der Waals surface area contributed by atoms with Crippen LogP contribution in [0.3, 0.4) is 0 Å². The number of likely N-dealkylation sites (tertiary alicyclic amines) is 1. The molecule has 4 rings (SSSR count). The van der Waals surface area contributed by atoms with Crippen LogP contribution >= 0.6 is 0 Å². The number of rotatable bonds is 6. The third-order valence-electron chi connectivity index (χ3n) is 6.70. The predicted molar refractivity (Wildman–Crippen MR) is 130 cm³/mol. The smallest absolute Gasteiger partial charge is 0.409 e. The first kappa shape index (κ1) is 24.5. The van der Waals surface area contributed by atoms with E-state index >= 15 is 0 Å². The van der Waals surface area contributed by atoms with Gasteiger partial charge < -0.3 is 15.0 Å². The number of carbonyl (C=O) groups is 2. The lowest BCUT2D eigenvalue weighted by Crippen LogP contribution is -2.46. The Hall–Kier alpha value is -2.65. The Balaban J connectivity index is 1.51. The zero-order valence-corrected chi connectivity index (χ0v) is 20.4. The van der Waals surface area contributed by atoms with E-state index in [9.17, 15) is 18.0 Å². The van der Waals surface area contributed by atoms with Gasteiger partial charge in [-0.05, 0) is 50.1 Å². The summed E-state index contributed by atoms with van der Waals surface area (Å²) in [6.45, 7) is 2.95.